The quantitative estimate of drug-likeness (QED) is 0.715. The Balaban J connectivity index is 2.17. The number of nitrogens with zero attached hydrogens (tertiary/aromatic N) is 1. The van der Waals surface area contributed by atoms with Crippen LogP contribution in [0, 0.1) is 17.8 Å². The topological polar surface area (TPSA) is 40.5 Å². The van der Waals surface area contributed by atoms with Crippen molar-refractivity contribution in [2.24, 2.45) is 5.92 Å². The summed E-state index contributed by atoms with van der Waals surface area (Å²) in [5.41, 5.74) is 0. The largest absolute Gasteiger partial charge is 0.481 e. The average Bonchev–Trinajstić information content (AvgIpc) is 2.25. The van der Waals surface area contributed by atoms with Gasteiger partial charge >= 0.3 is 5.97 Å². The van der Waals surface area contributed by atoms with Gasteiger partial charge in [0.15, 0.2) is 0 Å². The van der Waals surface area contributed by atoms with E-state index in [0.717, 1.165) is 38.9 Å². The van der Waals surface area contributed by atoms with Gasteiger partial charge in [0.1, 0.15) is 0 Å². The second-order valence-electron chi connectivity index (χ2n) is 4.08. The van der Waals surface area contributed by atoms with Crippen molar-refractivity contribution >= 4 is 5.97 Å². The zero-order chi connectivity index (χ0) is 11.1. The summed E-state index contributed by atoms with van der Waals surface area (Å²) in [5, 5.41) is 8.58. The number of piperidine rings is 1. The van der Waals surface area contributed by atoms with E-state index in [1.165, 1.54) is 0 Å². The lowest BCUT2D eigenvalue weighted by molar-refractivity contribution is -0.137. The number of carboxylic acid groups (broad SMARTS) is 1. The molecule has 1 saturated heterocycles. The average molecular weight is 209 g/mol. The molecule has 0 bridgehead atoms. The first-order chi connectivity index (χ1) is 7.22. The summed E-state index contributed by atoms with van der Waals surface area (Å²) in [7, 11) is 0. The highest BCUT2D eigenvalue weighted by molar-refractivity contribution is 5.66. The molecule has 0 unspecified atom stereocenters. The van der Waals surface area contributed by atoms with Crippen LogP contribution in [-0.2, 0) is 4.79 Å². The van der Waals surface area contributed by atoms with Gasteiger partial charge in [0.2, 0.25) is 0 Å². The van der Waals surface area contributed by atoms with E-state index in [0.29, 0.717) is 12.3 Å². The lowest BCUT2D eigenvalue weighted by Gasteiger charge is -2.30. The summed E-state index contributed by atoms with van der Waals surface area (Å²) in [6.07, 6.45) is 3.40. The molecule has 1 fully saturated rings. The molecule has 15 heavy (non-hydrogen) atoms. The summed E-state index contributed by atoms with van der Waals surface area (Å²) in [5.74, 6) is 5.89. The molecule has 3 nitrogen and oxygen atoms in total. The van der Waals surface area contributed by atoms with E-state index in [2.05, 4.69) is 16.7 Å². The number of hydrogen-bond donors (Lipinski definition) is 1. The highest BCUT2D eigenvalue weighted by atomic mass is 16.4. The zero-order valence-electron chi connectivity index (χ0n) is 9.33. The first kappa shape index (κ1) is 12.1. The van der Waals surface area contributed by atoms with E-state index >= 15 is 0 Å². The molecule has 0 spiro atoms. The van der Waals surface area contributed by atoms with Crippen LogP contribution in [0.3, 0.4) is 0 Å². The fourth-order valence-corrected chi connectivity index (χ4v) is 1.95. The van der Waals surface area contributed by atoms with Crippen LogP contribution in [0.1, 0.15) is 32.6 Å². The molecule has 1 aliphatic rings. The summed E-state index contributed by atoms with van der Waals surface area (Å²) in [4.78, 5) is 12.8. The molecule has 1 rings (SSSR count). The molecule has 0 aliphatic carbocycles. The fraction of sp³-hybridized carbons (Fsp3) is 0.750. The van der Waals surface area contributed by atoms with Crippen LogP contribution in [0.2, 0.25) is 0 Å². The Morgan fingerprint density at radius 2 is 2.13 bits per heavy atom. The Morgan fingerprint density at radius 3 is 2.67 bits per heavy atom. The third-order valence-corrected chi connectivity index (χ3v) is 2.95. The van der Waals surface area contributed by atoms with E-state index in [1.54, 1.807) is 0 Å². The number of carboxylic acids is 1. The Bertz CT molecular complexity index is 257. The van der Waals surface area contributed by atoms with Crippen molar-refractivity contribution in [3.8, 4) is 11.8 Å². The van der Waals surface area contributed by atoms with Gasteiger partial charge in [0.05, 0.1) is 6.54 Å². The number of likely N-dealkylation sites (tertiary alicyclic amines) is 1. The maximum atomic E-state index is 10.4. The van der Waals surface area contributed by atoms with Crippen LogP contribution >= 0.6 is 0 Å². The summed E-state index contributed by atoms with van der Waals surface area (Å²) < 4.78 is 0. The molecule has 0 saturated carbocycles. The number of carbonyl (C=O) groups is 1. The molecule has 0 aromatic rings. The van der Waals surface area contributed by atoms with Gasteiger partial charge in [0, 0.05) is 6.42 Å². The van der Waals surface area contributed by atoms with Crippen LogP contribution in [0.5, 0.6) is 0 Å². The van der Waals surface area contributed by atoms with E-state index in [-0.39, 0.29) is 0 Å². The van der Waals surface area contributed by atoms with Crippen LogP contribution < -0.4 is 0 Å². The minimum absolute atomic E-state index is 0.319. The molecular formula is C12H19NO2. The molecule has 1 aliphatic heterocycles. The molecule has 1 N–H and O–H groups in total. The summed E-state index contributed by atoms with van der Waals surface area (Å²) in [6.45, 7) is 4.86. The van der Waals surface area contributed by atoms with Gasteiger partial charge in [-0.1, -0.05) is 5.92 Å². The Morgan fingerprint density at radius 1 is 1.47 bits per heavy atom. The monoisotopic (exact) mass is 209 g/mol. The first-order valence-electron chi connectivity index (χ1n) is 5.56. The van der Waals surface area contributed by atoms with Gasteiger partial charge in [-0.3, -0.25) is 9.69 Å². The third kappa shape index (κ3) is 4.85. The molecule has 0 amide bonds. The molecular weight excluding hydrogens is 190 g/mol. The molecule has 0 radical (unpaired) electrons. The van der Waals surface area contributed by atoms with Gasteiger partial charge in [-0.2, -0.15) is 0 Å². The van der Waals surface area contributed by atoms with Crippen molar-refractivity contribution in [2.45, 2.75) is 32.6 Å². The van der Waals surface area contributed by atoms with Crippen LogP contribution in [0.15, 0.2) is 0 Å². The summed E-state index contributed by atoms with van der Waals surface area (Å²) in [6, 6.07) is 0. The van der Waals surface area contributed by atoms with Gasteiger partial charge < -0.3 is 5.11 Å². The van der Waals surface area contributed by atoms with Gasteiger partial charge in [0.25, 0.3) is 0 Å². The first-order valence-corrected chi connectivity index (χ1v) is 5.56. The Hall–Kier alpha value is -1.01. The summed E-state index contributed by atoms with van der Waals surface area (Å²) >= 11 is 0. The van der Waals surface area contributed by atoms with E-state index < -0.39 is 5.97 Å². The van der Waals surface area contributed by atoms with E-state index in [4.69, 9.17) is 5.11 Å². The predicted molar refractivity (Wildman–Crippen MR) is 59.5 cm³/mol. The number of aliphatic carboxylic acids is 1. The van der Waals surface area contributed by atoms with Crippen molar-refractivity contribution in [3.63, 3.8) is 0 Å². The molecule has 3 heteroatoms. The lowest BCUT2D eigenvalue weighted by atomic mass is 9.92. The fourth-order valence-electron chi connectivity index (χ4n) is 1.95. The van der Waals surface area contributed by atoms with Crippen LogP contribution in [0.25, 0.3) is 0 Å². The molecule has 0 atom stereocenters. The zero-order valence-corrected chi connectivity index (χ0v) is 9.33. The standard InChI is InChI=1S/C12H19NO2/c1-2-3-8-13-9-6-11(7-10-13)4-5-12(14)15/h11H,4-10H2,1H3,(H,14,15). The van der Waals surface area contributed by atoms with Crippen molar-refractivity contribution in [3.05, 3.63) is 0 Å². The van der Waals surface area contributed by atoms with Crippen LogP contribution in [0.4, 0.5) is 0 Å². The Kier molecular flexibility index (Phi) is 5.20. The third-order valence-electron chi connectivity index (χ3n) is 2.95. The van der Waals surface area contributed by atoms with Crippen LogP contribution in [-0.4, -0.2) is 35.6 Å². The highest BCUT2D eigenvalue weighted by Gasteiger charge is 2.18. The molecule has 0 aromatic heterocycles. The van der Waals surface area contributed by atoms with Crippen molar-refractivity contribution in [2.75, 3.05) is 19.6 Å². The highest BCUT2D eigenvalue weighted by Crippen LogP contribution is 2.21. The normalized spacial score (nSPS) is 18.2. The second kappa shape index (κ2) is 6.47. The van der Waals surface area contributed by atoms with Gasteiger partial charge in [-0.15, -0.1) is 5.92 Å². The van der Waals surface area contributed by atoms with E-state index in [1.807, 2.05) is 6.92 Å². The minimum Gasteiger partial charge on any atom is -0.481 e. The Labute approximate surface area is 91.5 Å². The maximum absolute atomic E-state index is 10.4. The molecule has 0 aromatic carbocycles. The minimum atomic E-state index is -0.672. The molecule has 84 valence electrons. The van der Waals surface area contributed by atoms with E-state index in [9.17, 15) is 4.79 Å². The number of rotatable bonds is 4. The smallest absolute Gasteiger partial charge is 0.303 e. The lowest BCUT2D eigenvalue weighted by Crippen LogP contribution is -2.34. The second-order valence-corrected chi connectivity index (χ2v) is 4.08. The predicted octanol–water partition coefficient (Wildman–Crippen LogP) is 1.59. The maximum Gasteiger partial charge on any atom is 0.303 e. The molecule has 1 heterocycles. The van der Waals surface area contributed by atoms with Gasteiger partial charge in [-0.05, 0) is 45.2 Å². The van der Waals surface area contributed by atoms with Crippen molar-refractivity contribution in [1.29, 1.82) is 0 Å². The number of hydrogen-bond acceptors (Lipinski definition) is 2. The van der Waals surface area contributed by atoms with Gasteiger partial charge in [-0.25, -0.2) is 0 Å². The SMILES string of the molecule is CC#CCN1CCC(CCC(=O)O)CC1. The van der Waals surface area contributed by atoms with Crippen molar-refractivity contribution in [1.82, 2.24) is 4.90 Å². The van der Waals surface area contributed by atoms with Crippen molar-refractivity contribution < 1.29 is 9.90 Å².